The lowest BCUT2D eigenvalue weighted by Gasteiger charge is -2.14. The highest BCUT2D eigenvalue weighted by atomic mass is 32.1. The number of hydrogen-bond acceptors (Lipinski definition) is 4. The molecule has 0 aliphatic carbocycles. The van der Waals surface area contributed by atoms with Gasteiger partial charge in [0.2, 0.25) is 0 Å². The van der Waals surface area contributed by atoms with Crippen molar-refractivity contribution in [3.05, 3.63) is 34.1 Å². The van der Waals surface area contributed by atoms with Gasteiger partial charge < -0.3 is 4.74 Å². The van der Waals surface area contributed by atoms with E-state index in [1.165, 1.54) is 0 Å². The van der Waals surface area contributed by atoms with Crippen LogP contribution in [-0.2, 0) is 0 Å². The lowest BCUT2D eigenvalue weighted by Crippen LogP contribution is -2.14. The fourth-order valence-corrected chi connectivity index (χ4v) is 1.89. The molecule has 18 heavy (non-hydrogen) atoms. The summed E-state index contributed by atoms with van der Waals surface area (Å²) in [4.78, 5) is 10.2. The van der Waals surface area contributed by atoms with E-state index in [-0.39, 0.29) is 17.4 Å². The van der Waals surface area contributed by atoms with Gasteiger partial charge in [0.1, 0.15) is 5.82 Å². The number of nitro benzene ring substituents is 1. The second-order valence-electron chi connectivity index (χ2n) is 4.02. The number of ether oxygens (including phenoxy) is 1. The Labute approximate surface area is 111 Å². The fourth-order valence-electron chi connectivity index (χ4n) is 1.60. The first-order valence-electron chi connectivity index (χ1n) is 5.76. The van der Waals surface area contributed by atoms with Gasteiger partial charge >= 0.3 is 5.69 Å². The van der Waals surface area contributed by atoms with Crippen LogP contribution in [0.5, 0.6) is 5.75 Å². The maximum atomic E-state index is 13.0. The number of nitrogens with zero attached hydrogens (tertiary/aromatic N) is 1. The monoisotopic (exact) mass is 273 g/mol. The van der Waals surface area contributed by atoms with Gasteiger partial charge in [-0.1, -0.05) is 13.3 Å². The smallest absolute Gasteiger partial charge is 0.311 e. The van der Waals surface area contributed by atoms with Crippen LogP contribution in [-0.4, -0.2) is 17.3 Å². The van der Waals surface area contributed by atoms with Crippen LogP contribution in [0.1, 0.15) is 19.8 Å². The minimum atomic E-state index is -0.579. The molecule has 0 saturated heterocycles. The molecule has 0 radical (unpaired) electrons. The Morgan fingerprint density at radius 1 is 1.56 bits per heavy atom. The molecular weight excluding hydrogens is 257 g/mol. The van der Waals surface area contributed by atoms with Crippen LogP contribution in [0.15, 0.2) is 18.2 Å². The summed E-state index contributed by atoms with van der Waals surface area (Å²) in [6, 6.07) is 3.20. The minimum Gasteiger partial charge on any atom is -0.486 e. The Morgan fingerprint density at radius 3 is 2.83 bits per heavy atom. The summed E-state index contributed by atoms with van der Waals surface area (Å²) in [6.45, 7) is 2.35. The zero-order valence-corrected chi connectivity index (χ0v) is 11.0. The second-order valence-corrected chi connectivity index (χ2v) is 4.38. The summed E-state index contributed by atoms with van der Waals surface area (Å²) < 4.78 is 18.4. The molecule has 1 aromatic carbocycles. The highest BCUT2D eigenvalue weighted by molar-refractivity contribution is 7.80. The van der Waals surface area contributed by atoms with Gasteiger partial charge in [-0.25, -0.2) is 4.39 Å². The third-order valence-corrected chi connectivity index (χ3v) is 3.06. The van der Waals surface area contributed by atoms with Crippen LogP contribution in [0.3, 0.4) is 0 Å². The number of thiol groups is 1. The molecule has 0 heterocycles. The normalized spacial score (nSPS) is 12.2. The first-order chi connectivity index (χ1) is 8.58. The minimum absolute atomic E-state index is 0.0251. The third-order valence-electron chi connectivity index (χ3n) is 2.55. The van der Waals surface area contributed by atoms with Crippen molar-refractivity contribution in [2.45, 2.75) is 19.8 Å². The summed E-state index contributed by atoms with van der Waals surface area (Å²) in [5.41, 5.74) is -0.217. The Balaban J connectivity index is 2.76. The molecule has 0 fully saturated rings. The molecule has 4 nitrogen and oxygen atoms in total. The molecule has 1 unspecified atom stereocenters. The van der Waals surface area contributed by atoms with Gasteiger partial charge in [-0.15, -0.1) is 0 Å². The van der Waals surface area contributed by atoms with E-state index in [1.807, 2.05) is 6.92 Å². The van der Waals surface area contributed by atoms with E-state index in [0.717, 1.165) is 31.0 Å². The SMILES string of the molecule is CCCC(CS)COc1cc(F)ccc1[N+](=O)[O-]. The average molecular weight is 273 g/mol. The zero-order chi connectivity index (χ0) is 13.5. The topological polar surface area (TPSA) is 52.4 Å². The van der Waals surface area contributed by atoms with Crippen LogP contribution in [0.2, 0.25) is 0 Å². The summed E-state index contributed by atoms with van der Waals surface area (Å²) >= 11 is 4.19. The lowest BCUT2D eigenvalue weighted by atomic mass is 10.1. The van der Waals surface area contributed by atoms with E-state index in [9.17, 15) is 14.5 Å². The third kappa shape index (κ3) is 4.18. The zero-order valence-electron chi connectivity index (χ0n) is 10.1. The summed E-state index contributed by atoms with van der Waals surface area (Å²) in [5, 5.41) is 10.8. The van der Waals surface area contributed by atoms with E-state index in [0.29, 0.717) is 12.4 Å². The number of rotatable bonds is 7. The molecule has 0 aliphatic rings. The predicted octanol–water partition coefficient (Wildman–Crippen LogP) is 3.46. The molecule has 0 aromatic heterocycles. The number of benzene rings is 1. The highest BCUT2D eigenvalue weighted by Crippen LogP contribution is 2.28. The van der Waals surface area contributed by atoms with Crippen LogP contribution in [0.25, 0.3) is 0 Å². The molecule has 0 bridgehead atoms. The Kier molecular flexibility index (Phi) is 5.91. The van der Waals surface area contributed by atoms with Gasteiger partial charge in [-0.2, -0.15) is 12.6 Å². The number of nitro groups is 1. The van der Waals surface area contributed by atoms with Gasteiger partial charge in [0, 0.05) is 18.1 Å². The molecular formula is C12H16FNO3S. The molecule has 0 amide bonds. The summed E-state index contributed by atoms with van der Waals surface area (Å²) in [5.74, 6) is 0.273. The van der Waals surface area contributed by atoms with Crippen molar-refractivity contribution >= 4 is 18.3 Å². The van der Waals surface area contributed by atoms with Crippen molar-refractivity contribution in [2.75, 3.05) is 12.4 Å². The van der Waals surface area contributed by atoms with Crippen molar-refractivity contribution in [1.82, 2.24) is 0 Å². The quantitative estimate of drug-likeness (QED) is 0.470. The number of halogens is 1. The molecule has 0 saturated carbocycles. The lowest BCUT2D eigenvalue weighted by molar-refractivity contribution is -0.386. The first-order valence-corrected chi connectivity index (χ1v) is 6.39. The Bertz CT molecular complexity index is 414. The van der Waals surface area contributed by atoms with Crippen molar-refractivity contribution in [1.29, 1.82) is 0 Å². The predicted molar refractivity (Wildman–Crippen MR) is 70.8 cm³/mol. The van der Waals surface area contributed by atoms with Crippen molar-refractivity contribution in [3.8, 4) is 5.75 Å². The molecule has 0 spiro atoms. The van der Waals surface area contributed by atoms with Crippen LogP contribution in [0, 0.1) is 21.8 Å². The molecule has 100 valence electrons. The van der Waals surface area contributed by atoms with E-state index in [1.54, 1.807) is 0 Å². The van der Waals surface area contributed by atoms with E-state index >= 15 is 0 Å². The largest absolute Gasteiger partial charge is 0.486 e. The molecule has 0 aliphatic heterocycles. The van der Waals surface area contributed by atoms with Gasteiger partial charge in [0.15, 0.2) is 5.75 Å². The van der Waals surface area contributed by atoms with Crippen molar-refractivity contribution in [3.63, 3.8) is 0 Å². The van der Waals surface area contributed by atoms with E-state index in [4.69, 9.17) is 4.74 Å². The summed E-state index contributed by atoms with van der Waals surface area (Å²) in [6.07, 6.45) is 1.91. The van der Waals surface area contributed by atoms with Crippen LogP contribution in [0.4, 0.5) is 10.1 Å². The highest BCUT2D eigenvalue weighted by Gasteiger charge is 2.17. The van der Waals surface area contributed by atoms with Gasteiger partial charge in [0.25, 0.3) is 0 Å². The molecule has 1 aromatic rings. The Hall–Kier alpha value is -1.30. The molecule has 1 atom stereocenters. The van der Waals surface area contributed by atoms with Gasteiger partial charge in [0.05, 0.1) is 11.5 Å². The maximum Gasteiger partial charge on any atom is 0.311 e. The van der Waals surface area contributed by atoms with Crippen LogP contribution < -0.4 is 4.74 Å². The molecule has 6 heteroatoms. The standard InChI is InChI=1S/C12H16FNO3S/c1-2-3-9(8-18)7-17-12-6-10(13)4-5-11(12)14(15)16/h4-6,9,18H,2-3,7-8H2,1H3. The number of hydrogen-bond donors (Lipinski definition) is 1. The average Bonchev–Trinajstić information content (AvgIpc) is 2.34. The summed E-state index contributed by atoms with van der Waals surface area (Å²) in [7, 11) is 0. The first kappa shape index (κ1) is 14.8. The Morgan fingerprint density at radius 2 is 2.28 bits per heavy atom. The second kappa shape index (κ2) is 7.20. The maximum absolute atomic E-state index is 13.0. The van der Waals surface area contributed by atoms with E-state index in [2.05, 4.69) is 12.6 Å². The van der Waals surface area contributed by atoms with Gasteiger partial charge in [-0.05, 0) is 18.2 Å². The van der Waals surface area contributed by atoms with Crippen molar-refractivity contribution < 1.29 is 14.1 Å². The fraction of sp³-hybridized carbons (Fsp3) is 0.500. The van der Waals surface area contributed by atoms with Crippen LogP contribution >= 0.6 is 12.6 Å². The van der Waals surface area contributed by atoms with E-state index < -0.39 is 10.7 Å². The van der Waals surface area contributed by atoms with Crippen molar-refractivity contribution in [2.24, 2.45) is 5.92 Å². The molecule has 1 rings (SSSR count). The molecule has 0 N–H and O–H groups in total. The van der Waals surface area contributed by atoms with Gasteiger partial charge in [-0.3, -0.25) is 10.1 Å².